The maximum absolute atomic E-state index is 11.6. The van der Waals surface area contributed by atoms with Crippen LogP contribution in [-0.4, -0.2) is 35.6 Å². The van der Waals surface area contributed by atoms with Crippen molar-refractivity contribution < 1.29 is 10.0 Å². The van der Waals surface area contributed by atoms with Crippen molar-refractivity contribution in [2.75, 3.05) is 13.1 Å². The molecule has 0 fully saturated rings. The summed E-state index contributed by atoms with van der Waals surface area (Å²) < 4.78 is 0. The molecule has 0 atom stereocenters. The minimum Gasteiger partial charge on any atom is -0.409 e. The van der Waals surface area contributed by atoms with Gasteiger partial charge in [-0.3, -0.25) is 4.79 Å². The van der Waals surface area contributed by atoms with Crippen molar-refractivity contribution in [3.8, 4) is 0 Å². The van der Waals surface area contributed by atoms with Crippen LogP contribution in [0.25, 0.3) is 0 Å². The van der Waals surface area contributed by atoms with E-state index in [0.717, 1.165) is 6.42 Å². The second-order valence-electron chi connectivity index (χ2n) is 6.42. The first kappa shape index (κ1) is 17.7. The van der Waals surface area contributed by atoms with Gasteiger partial charge in [0.25, 0.3) is 0 Å². The highest BCUT2D eigenvalue weighted by molar-refractivity contribution is 5.85. The van der Waals surface area contributed by atoms with Crippen LogP contribution >= 0.6 is 0 Å². The molecule has 0 aliphatic carbocycles. The Bertz CT molecular complexity index is 319. The van der Waals surface area contributed by atoms with Crippen molar-refractivity contribution in [3.05, 3.63) is 0 Å². The normalized spacial score (nSPS) is 13.4. The fourth-order valence-corrected chi connectivity index (χ4v) is 1.47. The molecular weight excluding hydrogens is 244 g/mol. The number of nitrogens with two attached hydrogens (primary N) is 1. The van der Waals surface area contributed by atoms with Crippen LogP contribution in [0.3, 0.4) is 0 Å². The lowest BCUT2D eigenvalue weighted by molar-refractivity contribution is -0.122. The van der Waals surface area contributed by atoms with Crippen molar-refractivity contribution in [2.24, 2.45) is 16.3 Å². The molecule has 0 spiro atoms. The van der Waals surface area contributed by atoms with Crippen molar-refractivity contribution >= 4 is 11.7 Å². The topological polar surface area (TPSA) is 99.7 Å². The number of nitrogens with one attached hydrogen (secondary N) is 2. The number of hydrogen-bond acceptors (Lipinski definition) is 4. The predicted molar refractivity (Wildman–Crippen MR) is 77.2 cm³/mol. The van der Waals surface area contributed by atoms with E-state index in [0.29, 0.717) is 19.5 Å². The molecule has 19 heavy (non-hydrogen) atoms. The molecule has 0 rings (SSSR count). The third-order valence-corrected chi connectivity index (χ3v) is 2.77. The van der Waals surface area contributed by atoms with Gasteiger partial charge in [0, 0.05) is 23.9 Å². The van der Waals surface area contributed by atoms with Gasteiger partial charge in [0.05, 0.1) is 0 Å². The number of nitrogens with zero attached hydrogens (tertiary/aromatic N) is 1. The third kappa shape index (κ3) is 8.42. The summed E-state index contributed by atoms with van der Waals surface area (Å²) in [6, 6.07) is 0. The van der Waals surface area contributed by atoms with Crippen molar-refractivity contribution in [2.45, 2.75) is 53.0 Å². The number of amides is 1. The molecule has 112 valence electrons. The molecule has 0 aliphatic rings. The summed E-state index contributed by atoms with van der Waals surface area (Å²) >= 11 is 0. The second-order valence-corrected chi connectivity index (χ2v) is 6.42. The molecule has 0 unspecified atom stereocenters. The fraction of sp³-hybridized carbons (Fsp3) is 0.846. The van der Waals surface area contributed by atoms with Gasteiger partial charge in [-0.1, -0.05) is 19.0 Å². The molecule has 0 aromatic carbocycles. The standard InChI is InChI=1S/C13H28N4O2/c1-12(2,3)16-10(18)6-8-15-9-7-13(4,5)11(14)17-19/h15,19H,6-9H2,1-5H3,(H2,14,17)(H,16,18). The predicted octanol–water partition coefficient (Wildman–Crippen LogP) is 1.04. The number of carbonyl (C=O) groups excluding carboxylic acids is 1. The summed E-state index contributed by atoms with van der Waals surface area (Å²) in [5.41, 5.74) is 5.05. The lowest BCUT2D eigenvalue weighted by atomic mass is 9.88. The first-order chi connectivity index (χ1) is 8.58. The van der Waals surface area contributed by atoms with Crippen LogP contribution < -0.4 is 16.4 Å². The molecule has 6 heteroatoms. The van der Waals surface area contributed by atoms with Gasteiger partial charge in [0.2, 0.25) is 5.91 Å². The molecule has 0 aliphatic heterocycles. The summed E-state index contributed by atoms with van der Waals surface area (Å²) in [5, 5.41) is 17.8. The molecule has 0 bridgehead atoms. The number of rotatable bonds is 7. The fourth-order valence-electron chi connectivity index (χ4n) is 1.47. The van der Waals surface area contributed by atoms with E-state index in [9.17, 15) is 4.79 Å². The van der Waals surface area contributed by atoms with Gasteiger partial charge in [0.15, 0.2) is 0 Å². The first-order valence-electron chi connectivity index (χ1n) is 6.58. The van der Waals surface area contributed by atoms with Crippen LogP contribution in [0, 0.1) is 5.41 Å². The average Bonchev–Trinajstić information content (AvgIpc) is 2.24. The third-order valence-electron chi connectivity index (χ3n) is 2.77. The van der Waals surface area contributed by atoms with Crippen LogP contribution in [0.5, 0.6) is 0 Å². The summed E-state index contributed by atoms with van der Waals surface area (Å²) in [6.45, 7) is 11.0. The molecular formula is C13H28N4O2. The van der Waals surface area contributed by atoms with Gasteiger partial charge in [0.1, 0.15) is 5.84 Å². The van der Waals surface area contributed by atoms with Gasteiger partial charge >= 0.3 is 0 Å². The summed E-state index contributed by atoms with van der Waals surface area (Å²) in [5.74, 6) is 0.260. The minimum atomic E-state index is -0.352. The minimum absolute atomic E-state index is 0.0377. The molecule has 0 heterocycles. The van der Waals surface area contributed by atoms with E-state index < -0.39 is 0 Å². The zero-order valence-electron chi connectivity index (χ0n) is 12.7. The first-order valence-corrected chi connectivity index (χ1v) is 6.58. The van der Waals surface area contributed by atoms with E-state index >= 15 is 0 Å². The summed E-state index contributed by atoms with van der Waals surface area (Å²) in [4.78, 5) is 11.6. The zero-order chi connectivity index (χ0) is 15.1. The second kappa shape index (κ2) is 7.33. The van der Waals surface area contributed by atoms with Crippen LogP contribution in [0.1, 0.15) is 47.5 Å². The van der Waals surface area contributed by atoms with E-state index in [4.69, 9.17) is 10.9 Å². The maximum Gasteiger partial charge on any atom is 0.221 e. The Labute approximate surface area is 115 Å². The van der Waals surface area contributed by atoms with Crippen molar-refractivity contribution in [1.29, 1.82) is 0 Å². The Morgan fingerprint density at radius 3 is 2.26 bits per heavy atom. The van der Waals surface area contributed by atoms with Crippen LogP contribution in [0.4, 0.5) is 0 Å². The van der Waals surface area contributed by atoms with Gasteiger partial charge in [-0.2, -0.15) is 0 Å². The Hall–Kier alpha value is -1.30. The van der Waals surface area contributed by atoms with Gasteiger partial charge in [-0.15, -0.1) is 0 Å². The highest BCUT2D eigenvalue weighted by Gasteiger charge is 2.22. The molecule has 0 saturated carbocycles. The smallest absolute Gasteiger partial charge is 0.221 e. The number of hydrogen-bond donors (Lipinski definition) is 4. The van der Waals surface area contributed by atoms with Gasteiger partial charge in [-0.05, 0) is 33.7 Å². The summed E-state index contributed by atoms with van der Waals surface area (Å²) in [7, 11) is 0. The number of amidine groups is 1. The molecule has 0 saturated heterocycles. The van der Waals surface area contributed by atoms with Gasteiger partial charge in [-0.25, -0.2) is 0 Å². The Kier molecular flexibility index (Phi) is 6.83. The van der Waals surface area contributed by atoms with E-state index in [-0.39, 0.29) is 22.7 Å². The lowest BCUT2D eigenvalue weighted by Gasteiger charge is -2.23. The van der Waals surface area contributed by atoms with Crippen molar-refractivity contribution in [3.63, 3.8) is 0 Å². The highest BCUT2D eigenvalue weighted by Crippen LogP contribution is 2.19. The molecule has 0 aromatic heterocycles. The quantitative estimate of drug-likeness (QED) is 0.183. The Balaban J connectivity index is 3.80. The largest absolute Gasteiger partial charge is 0.409 e. The highest BCUT2D eigenvalue weighted by atomic mass is 16.4. The monoisotopic (exact) mass is 272 g/mol. The van der Waals surface area contributed by atoms with Crippen LogP contribution in [-0.2, 0) is 4.79 Å². The molecule has 6 nitrogen and oxygen atoms in total. The Morgan fingerprint density at radius 2 is 1.79 bits per heavy atom. The van der Waals surface area contributed by atoms with E-state index in [2.05, 4.69) is 15.8 Å². The van der Waals surface area contributed by atoms with E-state index in [1.807, 2.05) is 34.6 Å². The molecule has 5 N–H and O–H groups in total. The summed E-state index contributed by atoms with van der Waals surface area (Å²) in [6.07, 6.45) is 1.19. The van der Waals surface area contributed by atoms with Crippen LogP contribution in [0.15, 0.2) is 5.16 Å². The molecule has 1 amide bonds. The SMILES string of the molecule is CC(C)(C)NC(=O)CCNCCC(C)(C)C(N)=NO. The maximum atomic E-state index is 11.6. The van der Waals surface area contributed by atoms with Crippen molar-refractivity contribution in [1.82, 2.24) is 10.6 Å². The average molecular weight is 272 g/mol. The lowest BCUT2D eigenvalue weighted by Crippen LogP contribution is -2.41. The van der Waals surface area contributed by atoms with E-state index in [1.54, 1.807) is 0 Å². The van der Waals surface area contributed by atoms with E-state index in [1.165, 1.54) is 0 Å². The van der Waals surface area contributed by atoms with Gasteiger partial charge < -0.3 is 21.6 Å². The Morgan fingerprint density at radius 1 is 1.21 bits per heavy atom. The zero-order valence-corrected chi connectivity index (χ0v) is 12.7. The van der Waals surface area contributed by atoms with Crippen LogP contribution in [0.2, 0.25) is 0 Å². The number of oxime groups is 1. The molecule has 0 radical (unpaired) electrons. The molecule has 0 aromatic rings. The number of carbonyl (C=O) groups is 1.